The molecular weight excluding hydrogens is 326 g/mol. The number of carbonyl (C=O) groups is 1. The highest BCUT2D eigenvalue weighted by molar-refractivity contribution is 5.89. The van der Waals surface area contributed by atoms with Crippen LogP contribution in [0.2, 0.25) is 0 Å². The Morgan fingerprint density at radius 1 is 1.27 bits per heavy atom. The number of likely N-dealkylation sites (tertiary alicyclic amines) is 1. The van der Waals surface area contributed by atoms with Crippen LogP contribution in [0.1, 0.15) is 18.4 Å². The summed E-state index contributed by atoms with van der Waals surface area (Å²) in [5.41, 5.74) is 3.81. The molecule has 0 radical (unpaired) electrons. The molecular formula is C20H23N5O. The van der Waals surface area contributed by atoms with Crippen LogP contribution < -0.4 is 5.32 Å². The van der Waals surface area contributed by atoms with Gasteiger partial charge in [-0.2, -0.15) is 0 Å². The van der Waals surface area contributed by atoms with E-state index in [1.165, 1.54) is 0 Å². The molecule has 6 nitrogen and oxygen atoms in total. The molecule has 0 bridgehead atoms. The van der Waals surface area contributed by atoms with E-state index >= 15 is 0 Å². The minimum absolute atomic E-state index is 0.0195. The summed E-state index contributed by atoms with van der Waals surface area (Å²) in [5, 5.41) is 3.02. The number of aromatic nitrogens is 3. The summed E-state index contributed by atoms with van der Waals surface area (Å²) in [6, 6.07) is 11.8. The van der Waals surface area contributed by atoms with Gasteiger partial charge in [0.2, 0.25) is 0 Å². The van der Waals surface area contributed by atoms with Crippen LogP contribution in [0, 0.1) is 12.8 Å². The number of hydrogen-bond donors (Lipinski definition) is 1. The summed E-state index contributed by atoms with van der Waals surface area (Å²) in [5.74, 6) is 0.409. The third-order valence-electron chi connectivity index (χ3n) is 4.90. The monoisotopic (exact) mass is 349 g/mol. The molecule has 3 aromatic rings. The molecule has 0 aliphatic carbocycles. The number of benzene rings is 1. The molecule has 1 fully saturated rings. The van der Waals surface area contributed by atoms with Crippen molar-refractivity contribution >= 4 is 22.9 Å². The van der Waals surface area contributed by atoms with Crippen molar-refractivity contribution in [2.45, 2.75) is 26.3 Å². The molecule has 1 aromatic carbocycles. The van der Waals surface area contributed by atoms with Crippen molar-refractivity contribution in [3.63, 3.8) is 0 Å². The van der Waals surface area contributed by atoms with Crippen molar-refractivity contribution in [1.29, 1.82) is 0 Å². The Balaban J connectivity index is 1.41. The van der Waals surface area contributed by atoms with E-state index in [-0.39, 0.29) is 6.03 Å². The molecule has 2 aromatic heterocycles. The number of carbonyl (C=O) groups excluding carboxylic acids is 1. The topological polar surface area (TPSA) is 63.1 Å². The molecule has 1 N–H and O–H groups in total. The molecule has 1 saturated heterocycles. The number of amides is 2. The van der Waals surface area contributed by atoms with Crippen LogP contribution in [-0.2, 0) is 6.54 Å². The number of urea groups is 1. The fraction of sp³-hybridized carbons (Fsp3) is 0.350. The van der Waals surface area contributed by atoms with Crippen LogP contribution in [0.3, 0.4) is 0 Å². The van der Waals surface area contributed by atoms with Gasteiger partial charge in [-0.15, -0.1) is 0 Å². The second-order valence-corrected chi connectivity index (χ2v) is 7.00. The van der Waals surface area contributed by atoms with Gasteiger partial charge in [-0.25, -0.2) is 14.8 Å². The fourth-order valence-electron chi connectivity index (χ4n) is 3.63. The Hall–Kier alpha value is -2.89. The zero-order valence-corrected chi connectivity index (χ0v) is 14.9. The number of rotatable bonds is 3. The van der Waals surface area contributed by atoms with Gasteiger partial charge in [0, 0.05) is 31.5 Å². The second kappa shape index (κ2) is 7.15. The van der Waals surface area contributed by atoms with E-state index in [2.05, 4.69) is 19.9 Å². The van der Waals surface area contributed by atoms with E-state index in [4.69, 9.17) is 0 Å². The van der Waals surface area contributed by atoms with E-state index in [0.717, 1.165) is 54.9 Å². The van der Waals surface area contributed by atoms with Crippen LogP contribution in [0.5, 0.6) is 0 Å². The van der Waals surface area contributed by atoms with Crippen LogP contribution in [-0.4, -0.2) is 38.6 Å². The molecule has 0 spiro atoms. The minimum atomic E-state index is -0.0195. The summed E-state index contributed by atoms with van der Waals surface area (Å²) >= 11 is 0. The number of nitrogens with zero attached hydrogens (tertiary/aromatic N) is 4. The number of anilines is 1. The van der Waals surface area contributed by atoms with E-state index in [0.29, 0.717) is 5.92 Å². The van der Waals surface area contributed by atoms with Crippen LogP contribution >= 0.6 is 0 Å². The average Bonchev–Trinajstić information content (AvgIpc) is 3.05. The first kappa shape index (κ1) is 16.6. The summed E-state index contributed by atoms with van der Waals surface area (Å²) in [6.07, 6.45) is 5.78. The number of fused-ring (bicyclic) bond motifs is 1. The Morgan fingerprint density at radius 2 is 2.19 bits per heavy atom. The van der Waals surface area contributed by atoms with Crippen LogP contribution in [0.4, 0.5) is 10.5 Å². The van der Waals surface area contributed by atoms with Gasteiger partial charge >= 0.3 is 6.03 Å². The van der Waals surface area contributed by atoms with Gasteiger partial charge in [-0.3, -0.25) is 0 Å². The lowest BCUT2D eigenvalue weighted by Gasteiger charge is -2.33. The van der Waals surface area contributed by atoms with Crippen LogP contribution in [0.25, 0.3) is 11.2 Å². The number of piperidine rings is 1. The Bertz CT molecular complexity index is 919. The third kappa shape index (κ3) is 3.54. The van der Waals surface area contributed by atoms with Crippen molar-refractivity contribution in [2.75, 3.05) is 18.4 Å². The first-order chi connectivity index (χ1) is 12.7. The predicted octanol–water partition coefficient (Wildman–Crippen LogP) is 3.68. The van der Waals surface area contributed by atoms with E-state index in [9.17, 15) is 4.79 Å². The van der Waals surface area contributed by atoms with E-state index in [1.807, 2.05) is 54.5 Å². The zero-order chi connectivity index (χ0) is 17.9. The highest BCUT2D eigenvalue weighted by atomic mass is 16.2. The Morgan fingerprint density at radius 3 is 3.08 bits per heavy atom. The fourth-order valence-corrected chi connectivity index (χ4v) is 3.63. The van der Waals surface area contributed by atoms with Crippen LogP contribution in [0.15, 0.2) is 48.9 Å². The summed E-state index contributed by atoms with van der Waals surface area (Å²) in [4.78, 5) is 23.4. The predicted molar refractivity (Wildman–Crippen MR) is 102 cm³/mol. The number of aryl methyl sites for hydroxylation is 1. The van der Waals surface area contributed by atoms with Gasteiger partial charge in [0.25, 0.3) is 0 Å². The summed E-state index contributed by atoms with van der Waals surface area (Å²) < 4.78 is 2.10. The Kier molecular flexibility index (Phi) is 4.56. The number of hydrogen-bond acceptors (Lipinski definition) is 3. The molecule has 0 saturated carbocycles. The molecule has 26 heavy (non-hydrogen) atoms. The van der Waals surface area contributed by atoms with E-state index in [1.54, 1.807) is 6.20 Å². The molecule has 4 rings (SSSR count). The first-order valence-corrected chi connectivity index (χ1v) is 9.07. The number of nitrogens with one attached hydrogen (secondary N) is 1. The standard InChI is InChI=1S/C20H23N5O/c1-15-5-2-7-17(11-15)23-20(26)24-10-4-6-16(12-24)13-25-14-22-18-8-3-9-21-19(18)25/h2-3,5,7-9,11,14,16H,4,6,10,12-13H2,1H3,(H,23,26). The summed E-state index contributed by atoms with van der Waals surface area (Å²) in [7, 11) is 0. The maximum atomic E-state index is 12.6. The van der Waals surface area contributed by atoms with Gasteiger partial charge in [0.1, 0.15) is 5.52 Å². The third-order valence-corrected chi connectivity index (χ3v) is 4.90. The van der Waals surface area contributed by atoms with Gasteiger partial charge in [0.15, 0.2) is 5.65 Å². The lowest BCUT2D eigenvalue weighted by molar-refractivity contribution is 0.171. The van der Waals surface area contributed by atoms with Crippen molar-refractivity contribution in [3.05, 3.63) is 54.5 Å². The number of imidazole rings is 1. The SMILES string of the molecule is Cc1cccc(NC(=O)N2CCCC(Cn3cnc4cccnc43)C2)c1. The first-order valence-electron chi connectivity index (χ1n) is 9.07. The van der Waals surface area contributed by atoms with Crippen molar-refractivity contribution in [3.8, 4) is 0 Å². The second-order valence-electron chi connectivity index (χ2n) is 7.00. The summed E-state index contributed by atoms with van der Waals surface area (Å²) in [6.45, 7) is 4.42. The normalized spacial score (nSPS) is 17.4. The lowest BCUT2D eigenvalue weighted by atomic mass is 9.98. The zero-order valence-electron chi connectivity index (χ0n) is 14.9. The molecule has 2 amide bonds. The molecule has 3 heterocycles. The van der Waals surface area contributed by atoms with Crippen molar-refractivity contribution in [2.24, 2.45) is 5.92 Å². The highest BCUT2D eigenvalue weighted by Crippen LogP contribution is 2.21. The largest absolute Gasteiger partial charge is 0.324 e. The van der Waals surface area contributed by atoms with Crippen molar-refractivity contribution < 1.29 is 4.79 Å². The smallest absolute Gasteiger partial charge is 0.321 e. The number of pyridine rings is 1. The maximum Gasteiger partial charge on any atom is 0.321 e. The van der Waals surface area contributed by atoms with Gasteiger partial charge in [-0.05, 0) is 55.5 Å². The molecule has 1 aliphatic heterocycles. The molecule has 1 aliphatic rings. The average molecular weight is 349 g/mol. The molecule has 134 valence electrons. The molecule has 1 unspecified atom stereocenters. The lowest BCUT2D eigenvalue weighted by Crippen LogP contribution is -2.43. The minimum Gasteiger partial charge on any atom is -0.324 e. The Labute approximate surface area is 152 Å². The maximum absolute atomic E-state index is 12.6. The van der Waals surface area contributed by atoms with E-state index < -0.39 is 0 Å². The van der Waals surface area contributed by atoms with Gasteiger partial charge in [-0.1, -0.05) is 12.1 Å². The molecule has 1 atom stereocenters. The quantitative estimate of drug-likeness (QED) is 0.784. The van der Waals surface area contributed by atoms with Gasteiger partial charge in [0.05, 0.1) is 6.33 Å². The van der Waals surface area contributed by atoms with Crippen molar-refractivity contribution in [1.82, 2.24) is 19.4 Å². The highest BCUT2D eigenvalue weighted by Gasteiger charge is 2.24. The molecule has 6 heteroatoms. The van der Waals surface area contributed by atoms with Gasteiger partial charge < -0.3 is 14.8 Å².